The Morgan fingerprint density at radius 2 is 1.86 bits per heavy atom. The number of oxazole rings is 1. The van der Waals surface area contributed by atoms with E-state index in [1.807, 2.05) is 0 Å². The number of halogens is 3. The number of nitrogens with zero attached hydrogens (tertiary/aromatic N) is 2. The van der Waals surface area contributed by atoms with Crippen LogP contribution in [0.15, 0.2) is 88.6 Å². The molecule has 1 heterocycles. The molecule has 0 bridgehead atoms. The number of Topliss-reactive ketones (excluding diaryl/α,β-unsaturated/α-hetero) is 1. The lowest BCUT2D eigenvalue weighted by Crippen LogP contribution is -2.47. The number of hydrogen-bond donors (Lipinski definition) is 1. The van der Waals surface area contributed by atoms with Crippen LogP contribution in [0.2, 0.25) is 0 Å². The number of anilines is 1. The van der Waals surface area contributed by atoms with Crippen LogP contribution in [0, 0.1) is 10.1 Å². The van der Waals surface area contributed by atoms with Gasteiger partial charge in [0.25, 0.3) is 5.69 Å². The summed E-state index contributed by atoms with van der Waals surface area (Å²) in [6.07, 6.45) is -0.330. The van der Waals surface area contributed by atoms with Crippen LogP contribution in [0.1, 0.15) is 41.9 Å². The number of hydrogen-bond acceptors (Lipinski definition) is 8. The molecule has 9 nitrogen and oxygen atoms in total. The largest absolute Gasteiger partial charge is 0.444 e. The number of alkyl halides is 3. The molecule has 43 heavy (non-hydrogen) atoms. The van der Waals surface area contributed by atoms with Gasteiger partial charge in [-0.05, 0) is 48.2 Å². The van der Waals surface area contributed by atoms with E-state index in [4.69, 9.17) is 4.42 Å². The summed E-state index contributed by atoms with van der Waals surface area (Å²) < 4.78 is 73.9. The first-order valence-electron chi connectivity index (χ1n) is 13.2. The molecule has 0 aliphatic heterocycles. The second-order valence-corrected chi connectivity index (χ2v) is 12.5. The zero-order valence-electron chi connectivity index (χ0n) is 22.8. The third-order valence-electron chi connectivity index (χ3n) is 7.85. The highest BCUT2D eigenvalue weighted by molar-refractivity contribution is 7.90. The summed E-state index contributed by atoms with van der Waals surface area (Å²) in [7, 11) is -4.05. The summed E-state index contributed by atoms with van der Waals surface area (Å²) in [5.74, 6) is -1.59. The second-order valence-electron chi connectivity index (χ2n) is 10.5. The van der Waals surface area contributed by atoms with Crippen molar-refractivity contribution < 1.29 is 35.7 Å². The minimum absolute atomic E-state index is 0.142. The molecule has 0 spiro atoms. The zero-order chi connectivity index (χ0) is 31.0. The Bertz CT molecular complexity index is 1780. The highest BCUT2D eigenvalue weighted by Gasteiger charge is 2.53. The molecule has 1 aromatic heterocycles. The van der Waals surface area contributed by atoms with Crippen LogP contribution < -0.4 is 5.32 Å². The quantitative estimate of drug-likeness (QED) is 0.157. The van der Waals surface area contributed by atoms with E-state index in [1.54, 1.807) is 24.3 Å². The van der Waals surface area contributed by atoms with Gasteiger partial charge in [-0.2, -0.15) is 13.2 Å². The molecule has 4 aromatic rings. The van der Waals surface area contributed by atoms with E-state index in [9.17, 15) is 36.5 Å². The van der Waals surface area contributed by atoms with Crippen LogP contribution in [0.5, 0.6) is 0 Å². The van der Waals surface area contributed by atoms with Crippen LogP contribution in [0.25, 0.3) is 11.3 Å². The summed E-state index contributed by atoms with van der Waals surface area (Å²) in [5.41, 5.74) is -2.08. The molecule has 5 rings (SSSR count). The molecular weight excluding hydrogens is 587 g/mol. The molecule has 224 valence electrons. The van der Waals surface area contributed by atoms with Crippen molar-refractivity contribution in [1.82, 2.24) is 4.98 Å². The molecule has 1 aliphatic carbocycles. The maximum absolute atomic E-state index is 14.3. The SMILES string of the molecule is CS(=O)(=O)c1ccc([N+](=O)[O-])cc1C(C(=O)CNc1cccc(-c2cnco2)c1)C1(c2ccccc2C(F)(F)F)CCC1. The number of carbonyl (C=O) groups excluding carboxylic acids is 1. The number of sulfone groups is 1. The Morgan fingerprint density at radius 3 is 2.47 bits per heavy atom. The number of nitrogens with one attached hydrogen (secondary N) is 1. The van der Waals surface area contributed by atoms with Gasteiger partial charge in [-0.25, -0.2) is 13.4 Å². The topological polar surface area (TPSA) is 132 Å². The van der Waals surface area contributed by atoms with Crippen LogP contribution in [0.4, 0.5) is 24.5 Å². The molecule has 0 saturated heterocycles. The van der Waals surface area contributed by atoms with Crippen molar-refractivity contribution in [1.29, 1.82) is 0 Å². The molecule has 3 aromatic carbocycles. The Kier molecular flexibility index (Phi) is 7.86. The van der Waals surface area contributed by atoms with E-state index < -0.39 is 55.8 Å². The number of aromatic nitrogens is 1. The van der Waals surface area contributed by atoms with Gasteiger partial charge in [-0.1, -0.05) is 36.8 Å². The summed E-state index contributed by atoms with van der Waals surface area (Å²) in [6, 6.07) is 14.8. The monoisotopic (exact) mass is 613 g/mol. The van der Waals surface area contributed by atoms with E-state index in [1.165, 1.54) is 30.8 Å². The van der Waals surface area contributed by atoms with Gasteiger partial charge >= 0.3 is 6.18 Å². The summed E-state index contributed by atoms with van der Waals surface area (Å²) in [5, 5.41) is 14.7. The second kappa shape index (κ2) is 11.3. The van der Waals surface area contributed by atoms with Gasteiger partial charge in [0, 0.05) is 35.1 Å². The van der Waals surface area contributed by atoms with Crippen molar-refractivity contribution in [3.8, 4) is 11.3 Å². The average molecular weight is 614 g/mol. The first-order valence-corrected chi connectivity index (χ1v) is 15.1. The third-order valence-corrected chi connectivity index (χ3v) is 9.02. The highest BCUT2D eigenvalue weighted by Crippen LogP contribution is 2.57. The molecule has 1 N–H and O–H groups in total. The fourth-order valence-electron chi connectivity index (χ4n) is 5.86. The Morgan fingerprint density at radius 1 is 1.12 bits per heavy atom. The lowest BCUT2D eigenvalue weighted by Gasteiger charge is -2.49. The average Bonchev–Trinajstić information content (AvgIpc) is 3.48. The van der Waals surface area contributed by atoms with Crippen LogP contribution in [-0.2, 0) is 26.2 Å². The van der Waals surface area contributed by atoms with E-state index in [0.29, 0.717) is 23.4 Å². The van der Waals surface area contributed by atoms with E-state index >= 15 is 0 Å². The van der Waals surface area contributed by atoms with Crippen molar-refractivity contribution in [2.45, 2.75) is 41.7 Å². The molecule has 0 amide bonds. The number of non-ortho nitro benzene ring substituents is 1. The van der Waals surface area contributed by atoms with Crippen LogP contribution in [0.3, 0.4) is 0 Å². The molecular formula is C30H26F3N3O6S. The van der Waals surface area contributed by atoms with Crippen LogP contribution in [-0.4, -0.2) is 36.9 Å². The maximum Gasteiger partial charge on any atom is 0.416 e. The van der Waals surface area contributed by atoms with E-state index in [-0.39, 0.29) is 28.9 Å². The first kappa shape index (κ1) is 30.0. The van der Waals surface area contributed by atoms with Crippen LogP contribution >= 0.6 is 0 Å². The smallest absolute Gasteiger partial charge is 0.416 e. The van der Waals surface area contributed by atoms with Gasteiger partial charge in [-0.15, -0.1) is 0 Å². The molecule has 1 aliphatic rings. The molecule has 1 atom stereocenters. The number of benzene rings is 3. The van der Waals surface area contributed by atoms with Gasteiger partial charge in [-0.3, -0.25) is 14.9 Å². The summed E-state index contributed by atoms with van der Waals surface area (Å²) >= 11 is 0. The minimum atomic E-state index is -4.76. The number of ketones is 1. The highest BCUT2D eigenvalue weighted by atomic mass is 32.2. The number of nitro benzene ring substituents is 1. The van der Waals surface area contributed by atoms with Crippen molar-refractivity contribution in [2.24, 2.45) is 0 Å². The normalized spacial score (nSPS) is 15.3. The van der Waals surface area contributed by atoms with Crippen molar-refractivity contribution in [3.63, 3.8) is 0 Å². The molecule has 1 saturated carbocycles. The number of rotatable bonds is 10. The zero-order valence-corrected chi connectivity index (χ0v) is 23.6. The lowest BCUT2D eigenvalue weighted by atomic mass is 9.54. The van der Waals surface area contributed by atoms with Gasteiger partial charge < -0.3 is 9.73 Å². The molecule has 0 radical (unpaired) electrons. The van der Waals surface area contributed by atoms with E-state index in [2.05, 4.69) is 10.3 Å². The fourth-order valence-corrected chi connectivity index (χ4v) is 6.78. The fraction of sp³-hybridized carbons (Fsp3) is 0.267. The Balaban J connectivity index is 1.65. The van der Waals surface area contributed by atoms with Gasteiger partial charge in [0.15, 0.2) is 27.8 Å². The minimum Gasteiger partial charge on any atom is -0.444 e. The number of nitro groups is 1. The predicted octanol–water partition coefficient (Wildman–Crippen LogP) is 6.56. The van der Waals surface area contributed by atoms with Gasteiger partial charge in [0.2, 0.25) is 0 Å². The van der Waals surface area contributed by atoms with Gasteiger partial charge in [0.1, 0.15) is 0 Å². The van der Waals surface area contributed by atoms with E-state index in [0.717, 1.165) is 30.5 Å². The molecule has 1 unspecified atom stereocenters. The summed E-state index contributed by atoms with van der Waals surface area (Å²) in [6.45, 7) is -0.396. The van der Waals surface area contributed by atoms with Crippen molar-refractivity contribution in [3.05, 3.63) is 106 Å². The van der Waals surface area contributed by atoms with Gasteiger partial charge in [0.05, 0.1) is 34.0 Å². The number of carbonyl (C=O) groups is 1. The lowest BCUT2D eigenvalue weighted by molar-refractivity contribution is -0.385. The maximum atomic E-state index is 14.3. The molecule has 1 fully saturated rings. The first-order chi connectivity index (χ1) is 20.3. The predicted molar refractivity (Wildman–Crippen MR) is 151 cm³/mol. The Hall–Kier alpha value is -4.52. The standard InChI is InChI=1S/C30H26F3N3O6S/c1-43(40,41)27-11-10-21(36(38)39)15-22(27)28(29(12-5-13-29)23-8-2-3-9-24(23)30(31,32)33)25(37)16-35-20-7-4-6-19(14-20)26-17-34-18-42-26/h2-4,6-11,14-15,17-18,28,35H,5,12-13,16H2,1H3. The third kappa shape index (κ3) is 5.89. The Labute approximate surface area is 244 Å². The molecule has 13 heteroatoms. The van der Waals surface area contributed by atoms with Crippen molar-refractivity contribution >= 4 is 27.0 Å². The summed E-state index contributed by atoms with van der Waals surface area (Å²) in [4.78, 5) is 28.8. The van der Waals surface area contributed by atoms with Crippen molar-refractivity contribution in [2.75, 3.05) is 18.1 Å².